The van der Waals surface area contributed by atoms with Crippen molar-refractivity contribution in [3.63, 3.8) is 0 Å². The fourth-order valence-electron chi connectivity index (χ4n) is 2.19. The minimum absolute atomic E-state index is 0.0869. The van der Waals surface area contributed by atoms with E-state index < -0.39 is 0 Å². The van der Waals surface area contributed by atoms with Crippen LogP contribution < -0.4 is 10.1 Å². The van der Waals surface area contributed by atoms with Crippen LogP contribution in [0.1, 0.15) is 41.7 Å². The van der Waals surface area contributed by atoms with Gasteiger partial charge < -0.3 is 10.1 Å². The van der Waals surface area contributed by atoms with E-state index in [2.05, 4.69) is 40.1 Å². The highest BCUT2D eigenvalue weighted by Crippen LogP contribution is 2.26. The molecule has 2 aromatic rings. The minimum Gasteiger partial charge on any atom is -0.496 e. The molecule has 0 saturated carbocycles. The molecule has 0 aliphatic carbocycles. The minimum atomic E-state index is -0.154. The van der Waals surface area contributed by atoms with Crippen molar-refractivity contribution in [1.29, 1.82) is 0 Å². The number of rotatable bonds is 6. The molecule has 22 heavy (non-hydrogen) atoms. The van der Waals surface area contributed by atoms with Gasteiger partial charge in [-0.2, -0.15) is 0 Å². The molecule has 0 bridgehead atoms. The molecule has 1 unspecified atom stereocenters. The van der Waals surface area contributed by atoms with Gasteiger partial charge in [0.15, 0.2) is 0 Å². The van der Waals surface area contributed by atoms with Crippen LogP contribution in [0.3, 0.4) is 0 Å². The fraction of sp³-hybridized carbons (Fsp3) is 0.375. The highest BCUT2D eigenvalue weighted by Gasteiger charge is 2.21. The molecule has 0 aliphatic rings. The van der Waals surface area contributed by atoms with E-state index in [1.54, 1.807) is 36.8 Å². The molecule has 1 amide bonds. The summed E-state index contributed by atoms with van der Waals surface area (Å²) in [5, 5.41) is 5.93. The predicted molar refractivity (Wildman–Crippen MR) is 92.5 cm³/mol. The third-order valence-corrected chi connectivity index (χ3v) is 4.55. The molecule has 118 valence electrons. The van der Waals surface area contributed by atoms with Crippen molar-refractivity contribution in [2.75, 3.05) is 7.11 Å². The van der Waals surface area contributed by atoms with Crippen LogP contribution in [0, 0.1) is 5.92 Å². The molecule has 1 atom stereocenters. The first-order valence-electron chi connectivity index (χ1n) is 7.05. The number of nitrogens with zero attached hydrogens (tertiary/aromatic N) is 1. The molecule has 0 radical (unpaired) electrons. The molecule has 0 fully saturated rings. The Morgan fingerprint density at radius 2 is 2.23 bits per heavy atom. The Hall–Kier alpha value is -1.40. The summed E-state index contributed by atoms with van der Waals surface area (Å²) in [6.07, 6.45) is 2.61. The molecule has 4 nitrogen and oxygen atoms in total. The van der Waals surface area contributed by atoms with Crippen molar-refractivity contribution < 1.29 is 9.53 Å². The third kappa shape index (κ3) is 4.30. The van der Waals surface area contributed by atoms with E-state index in [0.717, 1.165) is 15.9 Å². The van der Waals surface area contributed by atoms with E-state index in [-0.39, 0.29) is 11.9 Å². The molecule has 1 heterocycles. The van der Waals surface area contributed by atoms with E-state index in [9.17, 15) is 4.79 Å². The molecule has 0 saturated heterocycles. The number of amides is 1. The lowest BCUT2D eigenvalue weighted by Gasteiger charge is -2.19. The predicted octanol–water partition coefficient (Wildman–Crippen LogP) is 4.43. The maximum absolute atomic E-state index is 12.6. The van der Waals surface area contributed by atoms with Gasteiger partial charge in [0.25, 0.3) is 5.91 Å². The monoisotopic (exact) mass is 382 g/mol. The van der Waals surface area contributed by atoms with Crippen molar-refractivity contribution in [3.8, 4) is 5.75 Å². The van der Waals surface area contributed by atoms with Crippen molar-refractivity contribution >= 4 is 33.2 Å². The second-order valence-corrected chi connectivity index (χ2v) is 7.21. The number of thiazole rings is 1. The number of nitrogens with one attached hydrogen (secondary N) is 1. The lowest BCUT2D eigenvalue weighted by atomic mass is 10.0. The van der Waals surface area contributed by atoms with Crippen LogP contribution in [0.5, 0.6) is 5.75 Å². The second kappa shape index (κ2) is 7.74. The average molecular weight is 383 g/mol. The van der Waals surface area contributed by atoms with Gasteiger partial charge in [0.2, 0.25) is 0 Å². The smallest absolute Gasteiger partial charge is 0.255 e. The molecular formula is C16H19BrN2O2S. The van der Waals surface area contributed by atoms with Gasteiger partial charge in [-0.3, -0.25) is 4.79 Å². The van der Waals surface area contributed by atoms with E-state index >= 15 is 0 Å². The van der Waals surface area contributed by atoms with Crippen LogP contribution in [0.2, 0.25) is 0 Å². The zero-order valence-corrected chi connectivity index (χ0v) is 15.2. The molecule has 1 N–H and O–H groups in total. The van der Waals surface area contributed by atoms with Crippen LogP contribution in [0.25, 0.3) is 0 Å². The summed E-state index contributed by atoms with van der Waals surface area (Å²) in [7, 11) is 1.56. The quantitative estimate of drug-likeness (QED) is 0.803. The summed E-state index contributed by atoms with van der Waals surface area (Å²) in [5.41, 5.74) is 0.516. The molecular weight excluding hydrogens is 364 g/mol. The standard InChI is InChI=1S/C16H19BrN2O2S/c1-10(2)8-13(16-18-6-7-22-16)19-15(20)12-9-11(17)4-5-14(12)21-3/h4-7,9-10,13H,8H2,1-3H3,(H,19,20). The highest BCUT2D eigenvalue weighted by molar-refractivity contribution is 9.10. The fourth-order valence-corrected chi connectivity index (χ4v) is 3.26. The summed E-state index contributed by atoms with van der Waals surface area (Å²) >= 11 is 4.95. The summed E-state index contributed by atoms with van der Waals surface area (Å²) in [5.74, 6) is 0.862. The summed E-state index contributed by atoms with van der Waals surface area (Å²) in [4.78, 5) is 17.0. The Bertz CT molecular complexity index is 629. The maximum Gasteiger partial charge on any atom is 0.255 e. The van der Waals surface area contributed by atoms with Gasteiger partial charge in [-0.05, 0) is 30.5 Å². The molecule has 0 spiro atoms. The lowest BCUT2D eigenvalue weighted by Crippen LogP contribution is -2.29. The van der Waals surface area contributed by atoms with Crippen molar-refractivity contribution in [3.05, 3.63) is 44.8 Å². The van der Waals surface area contributed by atoms with Gasteiger partial charge in [0.05, 0.1) is 18.7 Å². The van der Waals surface area contributed by atoms with E-state index in [1.165, 1.54) is 0 Å². The van der Waals surface area contributed by atoms with Crippen LogP contribution in [-0.2, 0) is 0 Å². The highest BCUT2D eigenvalue weighted by atomic mass is 79.9. The number of hydrogen-bond donors (Lipinski definition) is 1. The van der Waals surface area contributed by atoms with Gasteiger partial charge >= 0.3 is 0 Å². The largest absolute Gasteiger partial charge is 0.496 e. The zero-order valence-electron chi connectivity index (χ0n) is 12.8. The lowest BCUT2D eigenvalue weighted by molar-refractivity contribution is 0.0928. The van der Waals surface area contributed by atoms with E-state index in [0.29, 0.717) is 17.2 Å². The summed E-state index contributed by atoms with van der Waals surface area (Å²) in [6, 6.07) is 5.31. The third-order valence-electron chi connectivity index (χ3n) is 3.17. The van der Waals surface area contributed by atoms with Crippen LogP contribution in [0.15, 0.2) is 34.2 Å². The first-order chi connectivity index (χ1) is 10.5. The van der Waals surface area contributed by atoms with Gasteiger partial charge in [0.1, 0.15) is 10.8 Å². The Kier molecular flexibility index (Phi) is 5.97. The average Bonchev–Trinajstić information content (AvgIpc) is 3.00. The molecule has 1 aromatic carbocycles. The Labute approximate surface area is 143 Å². The van der Waals surface area contributed by atoms with Gasteiger partial charge in [-0.15, -0.1) is 11.3 Å². The summed E-state index contributed by atoms with van der Waals surface area (Å²) in [6.45, 7) is 4.26. The SMILES string of the molecule is COc1ccc(Br)cc1C(=O)NC(CC(C)C)c1nccs1. The number of methoxy groups -OCH3 is 1. The van der Waals surface area contributed by atoms with Crippen molar-refractivity contribution in [1.82, 2.24) is 10.3 Å². The maximum atomic E-state index is 12.6. The number of ether oxygens (including phenoxy) is 1. The number of carbonyl (C=O) groups is 1. The van der Waals surface area contributed by atoms with E-state index in [1.807, 2.05) is 11.4 Å². The number of carbonyl (C=O) groups excluding carboxylic acids is 1. The van der Waals surface area contributed by atoms with Gasteiger partial charge in [0, 0.05) is 16.0 Å². The van der Waals surface area contributed by atoms with Gasteiger partial charge in [-0.1, -0.05) is 29.8 Å². The second-order valence-electron chi connectivity index (χ2n) is 5.37. The molecule has 2 rings (SSSR count). The van der Waals surface area contributed by atoms with Gasteiger partial charge in [-0.25, -0.2) is 4.98 Å². The van der Waals surface area contributed by atoms with Crippen LogP contribution in [-0.4, -0.2) is 18.0 Å². The Morgan fingerprint density at radius 1 is 1.45 bits per heavy atom. The van der Waals surface area contributed by atoms with Crippen LogP contribution in [0.4, 0.5) is 0 Å². The first kappa shape index (κ1) is 17.0. The van der Waals surface area contributed by atoms with E-state index in [4.69, 9.17) is 4.74 Å². The Balaban J connectivity index is 2.23. The first-order valence-corrected chi connectivity index (χ1v) is 8.72. The Morgan fingerprint density at radius 3 is 2.82 bits per heavy atom. The molecule has 1 aromatic heterocycles. The number of halogens is 1. The normalized spacial score (nSPS) is 12.2. The number of aromatic nitrogens is 1. The van der Waals surface area contributed by atoms with Crippen molar-refractivity contribution in [2.45, 2.75) is 26.3 Å². The summed E-state index contributed by atoms with van der Waals surface area (Å²) < 4.78 is 6.12. The topological polar surface area (TPSA) is 51.2 Å². The molecule has 6 heteroatoms. The number of benzene rings is 1. The molecule has 0 aliphatic heterocycles. The van der Waals surface area contributed by atoms with Crippen LogP contribution >= 0.6 is 27.3 Å². The zero-order chi connectivity index (χ0) is 16.1. The van der Waals surface area contributed by atoms with Crippen molar-refractivity contribution in [2.24, 2.45) is 5.92 Å². The number of hydrogen-bond acceptors (Lipinski definition) is 4.